The Kier molecular flexibility index (Phi) is 2.59. The molecule has 1 heterocycles. The van der Waals surface area contributed by atoms with E-state index in [1.165, 1.54) is 18.9 Å². The minimum absolute atomic E-state index is 0.133. The molecule has 0 bridgehead atoms. The van der Waals surface area contributed by atoms with Crippen LogP contribution < -0.4 is 0 Å². The summed E-state index contributed by atoms with van der Waals surface area (Å²) >= 11 is 0. The lowest BCUT2D eigenvalue weighted by molar-refractivity contribution is 0.448. The molecule has 0 aromatic heterocycles. The van der Waals surface area contributed by atoms with Crippen LogP contribution in [-0.2, 0) is 10.9 Å². The zero-order chi connectivity index (χ0) is 10.1. The third kappa shape index (κ3) is 1.69. The van der Waals surface area contributed by atoms with E-state index in [1.807, 2.05) is 0 Å². The minimum Gasteiger partial charge on any atom is -0.508 e. The van der Waals surface area contributed by atoms with Crippen molar-refractivity contribution in [2.45, 2.75) is 29.9 Å². The molecular formula is C11H15O2S+. The lowest BCUT2D eigenvalue weighted by atomic mass is 10.3. The van der Waals surface area contributed by atoms with Gasteiger partial charge in [0.25, 0.3) is 0 Å². The fraction of sp³-hybridized carbons (Fsp3) is 0.455. The molecule has 0 aliphatic carbocycles. The predicted molar refractivity (Wildman–Crippen MR) is 59.0 cm³/mol. The van der Waals surface area contributed by atoms with Gasteiger partial charge in [-0.05, 0) is 31.9 Å². The van der Waals surface area contributed by atoms with E-state index in [0.717, 1.165) is 10.6 Å². The van der Waals surface area contributed by atoms with Gasteiger partial charge in [0.05, 0.1) is 0 Å². The van der Waals surface area contributed by atoms with E-state index < -0.39 is 0 Å². The Morgan fingerprint density at radius 3 is 2.79 bits per heavy atom. The molecule has 1 saturated heterocycles. The number of benzene rings is 1. The van der Waals surface area contributed by atoms with Gasteiger partial charge in [0.2, 0.25) is 0 Å². The Labute approximate surface area is 86.9 Å². The summed E-state index contributed by atoms with van der Waals surface area (Å²) in [6.45, 7) is 2.22. The first kappa shape index (κ1) is 9.71. The molecule has 2 atom stereocenters. The highest BCUT2D eigenvalue weighted by molar-refractivity contribution is 7.97. The summed E-state index contributed by atoms with van der Waals surface area (Å²) in [5.41, 5.74) is 0. The minimum atomic E-state index is 0.133. The summed E-state index contributed by atoms with van der Waals surface area (Å²) < 4.78 is 0. The maximum atomic E-state index is 9.71. The molecule has 2 rings (SSSR count). The van der Waals surface area contributed by atoms with Crippen molar-refractivity contribution in [1.82, 2.24) is 0 Å². The molecule has 1 aliphatic rings. The fourth-order valence-electron chi connectivity index (χ4n) is 1.91. The number of phenols is 2. The summed E-state index contributed by atoms with van der Waals surface area (Å²) in [6, 6.07) is 4.83. The molecule has 2 unspecified atom stereocenters. The third-order valence-corrected chi connectivity index (χ3v) is 5.51. The molecule has 1 aliphatic heterocycles. The van der Waals surface area contributed by atoms with Crippen molar-refractivity contribution < 1.29 is 10.2 Å². The third-order valence-electron chi connectivity index (χ3n) is 2.69. The van der Waals surface area contributed by atoms with Gasteiger partial charge in [-0.2, -0.15) is 0 Å². The van der Waals surface area contributed by atoms with E-state index in [2.05, 4.69) is 6.92 Å². The number of rotatable bonds is 1. The van der Waals surface area contributed by atoms with Crippen LogP contribution in [0.15, 0.2) is 23.1 Å². The largest absolute Gasteiger partial charge is 0.508 e. The van der Waals surface area contributed by atoms with Crippen molar-refractivity contribution in [3.8, 4) is 11.5 Å². The predicted octanol–water partition coefficient (Wildman–Crippen LogP) is 2.26. The molecule has 0 radical (unpaired) electrons. The summed E-state index contributed by atoms with van der Waals surface area (Å²) in [5, 5.41) is 19.7. The number of phenolic OH excluding ortho intramolecular Hbond substituents is 2. The van der Waals surface area contributed by atoms with Crippen molar-refractivity contribution in [3.63, 3.8) is 0 Å². The van der Waals surface area contributed by atoms with E-state index >= 15 is 0 Å². The van der Waals surface area contributed by atoms with Crippen LogP contribution in [0.1, 0.15) is 19.8 Å². The van der Waals surface area contributed by atoms with Crippen molar-refractivity contribution in [3.05, 3.63) is 18.2 Å². The molecule has 1 aromatic rings. The maximum Gasteiger partial charge on any atom is 0.200 e. The van der Waals surface area contributed by atoms with Crippen LogP contribution in [0.25, 0.3) is 0 Å². The second kappa shape index (κ2) is 3.73. The molecule has 0 spiro atoms. The van der Waals surface area contributed by atoms with Gasteiger partial charge >= 0.3 is 0 Å². The van der Waals surface area contributed by atoms with Gasteiger partial charge < -0.3 is 10.2 Å². The highest BCUT2D eigenvalue weighted by Gasteiger charge is 2.36. The van der Waals surface area contributed by atoms with Gasteiger partial charge in [-0.15, -0.1) is 0 Å². The van der Waals surface area contributed by atoms with Gasteiger partial charge in [0.15, 0.2) is 10.6 Å². The van der Waals surface area contributed by atoms with Gasteiger partial charge in [-0.25, -0.2) is 0 Å². The molecular weight excluding hydrogens is 196 g/mol. The highest BCUT2D eigenvalue weighted by Crippen LogP contribution is 2.36. The van der Waals surface area contributed by atoms with E-state index in [9.17, 15) is 10.2 Å². The highest BCUT2D eigenvalue weighted by atomic mass is 32.2. The van der Waals surface area contributed by atoms with Crippen LogP contribution in [0.4, 0.5) is 0 Å². The quantitative estimate of drug-likeness (QED) is 0.552. The van der Waals surface area contributed by atoms with Crippen LogP contribution in [-0.4, -0.2) is 21.2 Å². The van der Waals surface area contributed by atoms with Crippen molar-refractivity contribution in [2.24, 2.45) is 0 Å². The van der Waals surface area contributed by atoms with Crippen molar-refractivity contribution >= 4 is 10.9 Å². The van der Waals surface area contributed by atoms with E-state index in [4.69, 9.17) is 0 Å². The smallest absolute Gasteiger partial charge is 0.200 e. The Bertz CT molecular complexity index is 338. The molecule has 0 saturated carbocycles. The monoisotopic (exact) mass is 211 g/mol. The number of aromatic hydroxyl groups is 2. The van der Waals surface area contributed by atoms with Crippen LogP contribution in [0, 0.1) is 0 Å². The van der Waals surface area contributed by atoms with Gasteiger partial charge in [-0.1, -0.05) is 0 Å². The SMILES string of the molecule is CC1CCC[S+]1c1cc(O)ccc1O. The van der Waals surface area contributed by atoms with Gasteiger partial charge in [-0.3, -0.25) is 0 Å². The number of hydrogen-bond acceptors (Lipinski definition) is 2. The first-order valence-corrected chi connectivity index (χ1v) is 6.36. The Morgan fingerprint density at radius 2 is 2.14 bits per heavy atom. The number of hydrogen-bond donors (Lipinski definition) is 2. The van der Waals surface area contributed by atoms with E-state index in [1.54, 1.807) is 12.1 Å². The summed E-state index contributed by atoms with van der Waals surface area (Å²) in [5.74, 6) is 1.74. The maximum absolute atomic E-state index is 9.71. The normalized spacial score (nSPS) is 26.6. The summed E-state index contributed by atoms with van der Waals surface area (Å²) in [7, 11) is 0.133. The molecule has 76 valence electrons. The van der Waals surface area contributed by atoms with Crippen LogP contribution in [0.2, 0.25) is 0 Å². The van der Waals surface area contributed by atoms with Gasteiger partial charge in [0.1, 0.15) is 16.8 Å². The second-order valence-corrected chi connectivity index (χ2v) is 6.25. The molecule has 14 heavy (non-hydrogen) atoms. The zero-order valence-electron chi connectivity index (χ0n) is 8.23. The van der Waals surface area contributed by atoms with Crippen molar-refractivity contribution in [1.29, 1.82) is 0 Å². The van der Waals surface area contributed by atoms with Crippen molar-refractivity contribution in [2.75, 3.05) is 5.75 Å². The zero-order valence-corrected chi connectivity index (χ0v) is 9.05. The Hall–Kier alpha value is -0.830. The van der Waals surface area contributed by atoms with E-state index in [0.29, 0.717) is 11.0 Å². The average Bonchev–Trinajstić information content (AvgIpc) is 2.56. The van der Waals surface area contributed by atoms with Crippen LogP contribution in [0.3, 0.4) is 0 Å². The molecule has 3 heteroatoms. The van der Waals surface area contributed by atoms with Crippen LogP contribution in [0.5, 0.6) is 11.5 Å². The molecule has 1 fully saturated rings. The summed E-state index contributed by atoms with van der Waals surface area (Å²) in [4.78, 5) is 0.940. The van der Waals surface area contributed by atoms with Gasteiger partial charge in [0, 0.05) is 17.0 Å². The van der Waals surface area contributed by atoms with Crippen LogP contribution >= 0.6 is 0 Å². The molecule has 1 aromatic carbocycles. The summed E-state index contributed by atoms with van der Waals surface area (Å²) in [6.07, 6.45) is 2.47. The molecule has 0 amide bonds. The average molecular weight is 211 g/mol. The van der Waals surface area contributed by atoms with E-state index in [-0.39, 0.29) is 16.6 Å². The standard InChI is InChI=1S/C11H14O2S/c1-8-3-2-6-14(8)11-7-9(12)4-5-10(11)13/h4-5,7-8H,2-3,6H2,1H3,(H-,12,13)/p+1. The fourth-order valence-corrected chi connectivity index (χ4v) is 4.50. The first-order valence-electron chi connectivity index (χ1n) is 4.90. The topological polar surface area (TPSA) is 40.5 Å². The second-order valence-electron chi connectivity index (χ2n) is 3.74. The Morgan fingerprint density at radius 1 is 1.36 bits per heavy atom. The Balaban J connectivity index is 2.34. The lowest BCUT2D eigenvalue weighted by Crippen LogP contribution is -2.13. The molecule has 2 nitrogen and oxygen atoms in total. The lowest BCUT2D eigenvalue weighted by Gasteiger charge is -2.07. The first-order chi connectivity index (χ1) is 6.68. The molecule has 2 N–H and O–H groups in total.